The summed E-state index contributed by atoms with van der Waals surface area (Å²) in [6.07, 6.45) is 0. The van der Waals surface area contributed by atoms with Gasteiger partial charge in [0.15, 0.2) is 17.5 Å². The molecular formula is C46H29N5. The first-order valence-electron chi connectivity index (χ1n) is 17.1. The van der Waals surface area contributed by atoms with Crippen LogP contribution >= 0.6 is 0 Å². The van der Waals surface area contributed by atoms with E-state index in [-0.39, 0.29) is 0 Å². The summed E-state index contributed by atoms with van der Waals surface area (Å²) in [6.45, 7) is 0. The average Bonchev–Trinajstić information content (AvgIpc) is 3.56. The van der Waals surface area contributed by atoms with E-state index < -0.39 is 0 Å². The second-order valence-electron chi connectivity index (χ2n) is 12.7. The lowest BCUT2D eigenvalue weighted by Crippen LogP contribution is -2.00. The van der Waals surface area contributed by atoms with E-state index in [4.69, 9.17) is 19.9 Å². The van der Waals surface area contributed by atoms with Gasteiger partial charge in [-0.3, -0.25) is 0 Å². The second kappa shape index (κ2) is 11.9. The lowest BCUT2D eigenvalue weighted by molar-refractivity contribution is 1.07. The van der Waals surface area contributed by atoms with E-state index >= 15 is 0 Å². The molecule has 3 heterocycles. The molecule has 0 saturated carbocycles. The monoisotopic (exact) mass is 651 g/mol. The molecule has 0 saturated heterocycles. The molecule has 0 unspecified atom stereocenters. The Balaban J connectivity index is 1.17. The summed E-state index contributed by atoms with van der Waals surface area (Å²) in [5.74, 6) is 1.91. The molecular weight excluding hydrogens is 623 g/mol. The smallest absolute Gasteiger partial charge is 0.164 e. The standard InChI is InChI=1S/C46H29N5/c1-3-14-32(15-4-1)44-48-45(33-16-5-2-6-17-33)50-46(49-44)34-25-23-31(24-26-34)42-41-38-20-10-12-22-40(38)51(43(41)37-19-9-11-21-39(37)47-42)36-28-27-30-13-7-8-18-35(30)29-36/h1-29H. The lowest BCUT2D eigenvalue weighted by Gasteiger charge is -2.13. The molecule has 0 amide bonds. The third-order valence-electron chi connectivity index (χ3n) is 9.61. The number of rotatable bonds is 5. The Bertz CT molecular complexity index is 2840. The van der Waals surface area contributed by atoms with E-state index in [0.29, 0.717) is 17.5 Å². The van der Waals surface area contributed by atoms with Crippen molar-refractivity contribution in [1.29, 1.82) is 0 Å². The van der Waals surface area contributed by atoms with Gasteiger partial charge in [0, 0.05) is 44.1 Å². The maximum atomic E-state index is 5.34. The number of benzene rings is 7. The Morgan fingerprint density at radius 2 is 0.902 bits per heavy atom. The van der Waals surface area contributed by atoms with Crippen LogP contribution in [-0.2, 0) is 0 Å². The van der Waals surface area contributed by atoms with E-state index in [1.54, 1.807) is 0 Å². The van der Waals surface area contributed by atoms with Crippen molar-refractivity contribution in [2.45, 2.75) is 0 Å². The largest absolute Gasteiger partial charge is 0.308 e. The van der Waals surface area contributed by atoms with Crippen LogP contribution in [0.4, 0.5) is 0 Å². The van der Waals surface area contributed by atoms with Crippen molar-refractivity contribution in [2.24, 2.45) is 0 Å². The van der Waals surface area contributed by atoms with E-state index in [0.717, 1.165) is 66.3 Å². The van der Waals surface area contributed by atoms with Crippen molar-refractivity contribution in [3.05, 3.63) is 176 Å². The Morgan fingerprint density at radius 1 is 0.373 bits per heavy atom. The Kier molecular flexibility index (Phi) is 6.74. The molecule has 238 valence electrons. The maximum absolute atomic E-state index is 5.34. The Hall–Kier alpha value is -6.98. The van der Waals surface area contributed by atoms with Crippen molar-refractivity contribution >= 4 is 43.5 Å². The summed E-state index contributed by atoms with van der Waals surface area (Å²) in [4.78, 5) is 20.1. The Labute approximate surface area is 294 Å². The van der Waals surface area contributed by atoms with Crippen molar-refractivity contribution in [3.8, 4) is 51.1 Å². The van der Waals surface area contributed by atoms with Crippen LogP contribution in [-0.4, -0.2) is 24.5 Å². The van der Waals surface area contributed by atoms with Crippen LogP contribution in [0, 0.1) is 0 Å². The zero-order chi connectivity index (χ0) is 33.7. The number of hydrogen-bond acceptors (Lipinski definition) is 4. The Morgan fingerprint density at radius 3 is 1.59 bits per heavy atom. The molecule has 0 aliphatic heterocycles. The van der Waals surface area contributed by atoms with Gasteiger partial charge in [-0.15, -0.1) is 0 Å². The average molecular weight is 652 g/mol. The molecule has 51 heavy (non-hydrogen) atoms. The first-order valence-corrected chi connectivity index (χ1v) is 17.1. The topological polar surface area (TPSA) is 56.5 Å². The third-order valence-corrected chi connectivity index (χ3v) is 9.61. The number of nitrogens with zero attached hydrogens (tertiary/aromatic N) is 5. The van der Waals surface area contributed by atoms with Crippen LogP contribution in [0.25, 0.3) is 94.6 Å². The first-order chi connectivity index (χ1) is 25.3. The molecule has 7 aromatic carbocycles. The quantitative estimate of drug-likeness (QED) is 0.186. The molecule has 0 N–H and O–H groups in total. The highest BCUT2D eigenvalue weighted by Gasteiger charge is 2.21. The third kappa shape index (κ3) is 4.94. The van der Waals surface area contributed by atoms with Gasteiger partial charge in [0.1, 0.15) is 0 Å². The fourth-order valence-corrected chi connectivity index (χ4v) is 7.19. The molecule has 10 aromatic rings. The normalized spacial score (nSPS) is 11.5. The van der Waals surface area contributed by atoms with Gasteiger partial charge in [0.05, 0.1) is 22.2 Å². The predicted octanol–water partition coefficient (Wildman–Crippen LogP) is 11.3. The second-order valence-corrected chi connectivity index (χ2v) is 12.7. The van der Waals surface area contributed by atoms with Gasteiger partial charge in [0.25, 0.3) is 0 Å². The fraction of sp³-hybridized carbons (Fsp3) is 0. The van der Waals surface area contributed by atoms with Gasteiger partial charge in [-0.05, 0) is 35.0 Å². The molecule has 0 bridgehead atoms. The minimum atomic E-state index is 0.624. The fourth-order valence-electron chi connectivity index (χ4n) is 7.19. The number of para-hydroxylation sites is 2. The van der Waals surface area contributed by atoms with Crippen molar-refractivity contribution in [3.63, 3.8) is 0 Å². The van der Waals surface area contributed by atoms with Crippen LogP contribution in [0.5, 0.6) is 0 Å². The van der Waals surface area contributed by atoms with Gasteiger partial charge in [0.2, 0.25) is 0 Å². The molecule has 0 radical (unpaired) electrons. The van der Waals surface area contributed by atoms with E-state index in [1.165, 1.54) is 10.8 Å². The molecule has 0 atom stereocenters. The van der Waals surface area contributed by atoms with Crippen molar-refractivity contribution in [2.75, 3.05) is 0 Å². The molecule has 0 spiro atoms. The predicted molar refractivity (Wildman–Crippen MR) is 209 cm³/mol. The summed E-state index contributed by atoms with van der Waals surface area (Å²) >= 11 is 0. The van der Waals surface area contributed by atoms with E-state index in [9.17, 15) is 0 Å². The van der Waals surface area contributed by atoms with Gasteiger partial charge in [-0.25, -0.2) is 19.9 Å². The van der Waals surface area contributed by atoms with Crippen LogP contribution in [0.3, 0.4) is 0 Å². The van der Waals surface area contributed by atoms with Gasteiger partial charge in [-0.2, -0.15) is 0 Å². The summed E-state index contributed by atoms with van der Waals surface area (Å²) in [5, 5.41) is 5.83. The lowest BCUT2D eigenvalue weighted by atomic mass is 10.0. The molecule has 10 rings (SSSR count). The summed E-state index contributed by atoms with van der Waals surface area (Å²) in [6, 6.07) is 61.0. The SMILES string of the molecule is c1ccc(-c2nc(-c3ccccc3)nc(-c3ccc(-c4nc5ccccc5c5c4c4ccccc4n5-c4ccc5ccccc5c4)cc3)n2)cc1. The highest BCUT2D eigenvalue weighted by atomic mass is 15.0. The van der Waals surface area contributed by atoms with Gasteiger partial charge >= 0.3 is 0 Å². The minimum absolute atomic E-state index is 0.624. The van der Waals surface area contributed by atoms with Gasteiger partial charge in [-0.1, -0.05) is 152 Å². The zero-order valence-electron chi connectivity index (χ0n) is 27.5. The van der Waals surface area contributed by atoms with Crippen molar-refractivity contribution in [1.82, 2.24) is 24.5 Å². The number of fused-ring (bicyclic) bond motifs is 6. The maximum Gasteiger partial charge on any atom is 0.164 e. The zero-order valence-corrected chi connectivity index (χ0v) is 27.5. The molecule has 5 heteroatoms. The molecule has 0 fully saturated rings. The molecule has 0 aliphatic carbocycles. The van der Waals surface area contributed by atoms with Crippen LogP contribution in [0.1, 0.15) is 0 Å². The van der Waals surface area contributed by atoms with Crippen LogP contribution < -0.4 is 0 Å². The van der Waals surface area contributed by atoms with E-state index in [2.05, 4.69) is 120 Å². The van der Waals surface area contributed by atoms with Crippen molar-refractivity contribution < 1.29 is 0 Å². The summed E-state index contributed by atoms with van der Waals surface area (Å²) in [7, 11) is 0. The highest BCUT2D eigenvalue weighted by Crippen LogP contribution is 2.41. The van der Waals surface area contributed by atoms with E-state index in [1.807, 2.05) is 60.7 Å². The molecule has 0 aliphatic rings. The summed E-state index contributed by atoms with van der Waals surface area (Å²) < 4.78 is 2.40. The minimum Gasteiger partial charge on any atom is -0.308 e. The van der Waals surface area contributed by atoms with Gasteiger partial charge < -0.3 is 4.57 Å². The van der Waals surface area contributed by atoms with Crippen LogP contribution in [0.2, 0.25) is 0 Å². The molecule has 5 nitrogen and oxygen atoms in total. The number of pyridine rings is 1. The first kappa shape index (κ1) is 29.0. The number of aromatic nitrogens is 5. The highest BCUT2D eigenvalue weighted by molar-refractivity contribution is 6.22. The number of hydrogen-bond donors (Lipinski definition) is 0. The summed E-state index contributed by atoms with van der Waals surface area (Å²) in [5.41, 5.74) is 9.13. The molecule has 3 aromatic heterocycles. The van der Waals surface area contributed by atoms with Crippen LogP contribution in [0.15, 0.2) is 176 Å².